The van der Waals surface area contributed by atoms with Crippen LogP contribution >= 0.6 is 0 Å². The summed E-state index contributed by atoms with van der Waals surface area (Å²) in [6.07, 6.45) is 7.89. The van der Waals surface area contributed by atoms with E-state index in [2.05, 4.69) is 30.7 Å². The van der Waals surface area contributed by atoms with Crippen molar-refractivity contribution in [3.63, 3.8) is 0 Å². The maximum atomic E-state index is 14.2. The average Bonchev–Trinajstić information content (AvgIpc) is 3.84. The van der Waals surface area contributed by atoms with Gasteiger partial charge in [-0.05, 0) is 56.2 Å². The molecule has 3 aliphatic rings. The van der Waals surface area contributed by atoms with Gasteiger partial charge < -0.3 is 20.1 Å². The molecule has 1 aromatic carbocycles. The second kappa shape index (κ2) is 9.86. The van der Waals surface area contributed by atoms with Crippen molar-refractivity contribution in [2.45, 2.75) is 43.7 Å². The van der Waals surface area contributed by atoms with Crippen LogP contribution in [0.1, 0.15) is 48.4 Å². The van der Waals surface area contributed by atoms with Gasteiger partial charge in [-0.1, -0.05) is 5.16 Å². The molecule has 0 unspecified atom stereocenters. The van der Waals surface area contributed by atoms with Crippen molar-refractivity contribution >= 4 is 11.8 Å². The summed E-state index contributed by atoms with van der Waals surface area (Å²) in [5, 5.41) is 9.92. The summed E-state index contributed by atoms with van der Waals surface area (Å²) in [6, 6.07) is 5.70. The third-order valence-electron chi connectivity index (χ3n) is 7.61. The number of hydrogen-bond donors (Lipinski definition) is 2. The van der Waals surface area contributed by atoms with Crippen LogP contribution in [0.4, 0.5) is 8.78 Å². The molecular formula is C27H28F2N6O3. The highest BCUT2D eigenvalue weighted by Crippen LogP contribution is 2.44. The highest BCUT2D eigenvalue weighted by molar-refractivity contribution is 5.94. The number of piperidine rings is 1. The van der Waals surface area contributed by atoms with Crippen LogP contribution in [0.5, 0.6) is 0 Å². The molecule has 2 aromatic heterocycles. The second-order valence-electron chi connectivity index (χ2n) is 10.5. The van der Waals surface area contributed by atoms with E-state index in [0.717, 1.165) is 38.1 Å². The van der Waals surface area contributed by atoms with E-state index in [9.17, 15) is 18.4 Å². The number of likely N-dealkylation sites (tertiary alicyclic amines) is 1. The molecule has 3 fully saturated rings. The second-order valence-corrected chi connectivity index (χ2v) is 10.5. The van der Waals surface area contributed by atoms with Crippen LogP contribution in [-0.4, -0.2) is 57.5 Å². The van der Waals surface area contributed by atoms with Gasteiger partial charge in [0.2, 0.25) is 5.91 Å². The van der Waals surface area contributed by atoms with E-state index in [4.69, 9.17) is 4.52 Å². The molecule has 2 amide bonds. The van der Waals surface area contributed by atoms with Gasteiger partial charge in [0.05, 0.1) is 17.0 Å². The summed E-state index contributed by atoms with van der Waals surface area (Å²) < 4.78 is 32.6. The predicted molar refractivity (Wildman–Crippen MR) is 131 cm³/mol. The minimum absolute atomic E-state index is 0.00134. The Hall–Kier alpha value is -3.73. The maximum Gasteiger partial charge on any atom is 0.273 e. The van der Waals surface area contributed by atoms with Crippen LogP contribution in [0.25, 0.3) is 11.3 Å². The van der Waals surface area contributed by atoms with Crippen LogP contribution in [0.15, 0.2) is 47.2 Å². The fourth-order valence-corrected chi connectivity index (χ4v) is 5.13. The summed E-state index contributed by atoms with van der Waals surface area (Å²) >= 11 is 0. The molecule has 0 spiro atoms. The lowest BCUT2D eigenvalue weighted by Crippen LogP contribution is -2.57. The lowest BCUT2D eigenvalue weighted by molar-refractivity contribution is -0.128. The number of amides is 2. The third-order valence-corrected chi connectivity index (χ3v) is 7.61. The zero-order chi connectivity index (χ0) is 26.3. The Morgan fingerprint density at radius 1 is 1.11 bits per heavy atom. The Bertz CT molecular complexity index is 1340. The summed E-state index contributed by atoms with van der Waals surface area (Å²) in [5.41, 5.74) is -0.604. The largest absolute Gasteiger partial charge is 0.355 e. The van der Waals surface area contributed by atoms with Crippen molar-refractivity contribution in [1.82, 2.24) is 30.7 Å². The van der Waals surface area contributed by atoms with Gasteiger partial charge in [-0.25, -0.2) is 18.7 Å². The number of halogens is 2. The van der Waals surface area contributed by atoms with E-state index in [1.807, 2.05) is 0 Å². The lowest BCUT2D eigenvalue weighted by atomic mass is 9.90. The molecule has 0 radical (unpaired) electrons. The van der Waals surface area contributed by atoms with E-state index in [-0.39, 0.29) is 22.9 Å². The summed E-state index contributed by atoms with van der Waals surface area (Å²) in [6.45, 7) is 2.25. The third kappa shape index (κ3) is 5.15. The number of aromatic nitrogens is 3. The number of nitrogens with one attached hydrogen (secondary N) is 2. The van der Waals surface area contributed by atoms with E-state index < -0.39 is 35.0 Å². The molecular weight excluding hydrogens is 494 g/mol. The first-order chi connectivity index (χ1) is 18.4. The number of benzene rings is 1. The molecule has 6 rings (SSSR count). The van der Waals surface area contributed by atoms with Gasteiger partial charge in [-0.2, -0.15) is 0 Å². The van der Waals surface area contributed by atoms with Crippen molar-refractivity contribution in [1.29, 1.82) is 0 Å². The molecule has 0 bridgehead atoms. The minimum atomic E-state index is -0.815. The zero-order valence-electron chi connectivity index (χ0n) is 20.7. The highest BCUT2D eigenvalue weighted by Gasteiger charge is 2.50. The van der Waals surface area contributed by atoms with Crippen molar-refractivity contribution < 1.29 is 22.9 Å². The lowest BCUT2D eigenvalue weighted by Gasteiger charge is -2.38. The zero-order valence-corrected chi connectivity index (χ0v) is 20.7. The Morgan fingerprint density at radius 3 is 2.61 bits per heavy atom. The fraction of sp³-hybridized carbons (Fsp3) is 0.444. The van der Waals surface area contributed by atoms with Crippen LogP contribution in [0.3, 0.4) is 0 Å². The Balaban J connectivity index is 1.17. The SMILES string of the molecule is O=C(N[C@H]1CCN(CC2CC2)C[C@H]1C(=O)NC1(c2ncccn2)CC1)c1cc(-c2ccc(F)cc2F)on1. The Morgan fingerprint density at radius 2 is 1.89 bits per heavy atom. The quantitative estimate of drug-likeness (QED) is 0.468. The normalized spacial score (nSPS) is 22.6. The number of hydrogen-bond acceptors (Lipinski definition) is 7. The van der Waals surface area contributed by atoms with Crippen LogP contribution in [-0.2, 0) is 10.3 Å². The van der Waals surface area contributed by atoms with Gasteiger partial charge in [0.1, 0.15) is 11.6 Å². The van der Waals surface area contributed by atoms with Crippen molar-refractivity contribution in [2.75, 3.05) is 19.6 Å². The van der Waals surface area contributed by atoms with Crippen molar-refractivity contribution in [3.8, 4) is 11.3 Å². The molecule has 9 nitrogen and oxygen atoms in total. The maximum absolute atomic E-state index is 14.2. The van der Waals surface area contributed by atoms with Gasteiger partial charge in [-0.15, -0.1) is 0 Å². The summed E-state index contributed by atoms with van der Waals surface area (Å²) in [4.78, 5) is 37.7. The van der Waals surface area contributed by atoms with E-state index in [1.165, 1.54) is 25.0 Å². The number of nitrogens with zero attached hydrogens (tertiary/aromatic N) is 4. The van der Waals surface area contributed by atoms with Crippen LogP contribution in [0, 0.1) is 23.5 Å². The van der Waals surface area contributed by atoms with Gasteiger partial charge in [0.15, 0.2) is 17.3 Å². The molecule has 2 N–H and O–H groups in total. The molecule has 198 valence electrons. The summed E-state index contributed by atoms with van der Waals surface area (Å²) in [7, 11) is 0. The predicted octanol–water partition coefficient (Wildman–Crippen LogP) is 3.05. The highest BCUT2D eigenvalue weighted by atomic mass is 19.1. The van der Waals surface area contributed by atoms with Gasteiger partial charge in [-0.3, -0.25) is 9.59 Å². The van der Waals surface area contributed by atoms with E-state index >= 15 is 0 Å². The molecule has 11 heteroatoms. The average molecular weight is 523 g/mol. The molecule has 3 aromatic rings. The molecule has 2 aliphatic carbocycles. The molecule has 2 saturated carbocycles. The first kappa shape index (κ1) is 24.6. The number of carbonyl (C=O) groups is 2. The van der Waals surface area contributed by atoms with E-state index in [0.29, 0.717) is 24.7 Å². The molecule has 38 heavy (non-hydrogen) atoms. The van der Waals surface area contributed by atoms with Crippen LogP contribution < -0.4 is 10.6 Å². The number of rotatable bonds is 8. The molecule has 3 heterocycles. The van der Waals surface area contributed by atoms with Gasteiger partial charge >= 0.3 is 0 Å². The molecule has 1 saturated heterocycles. The summed E-state index contributed by atoms with van der Waals surface area (Å²) in [5.74, 6) is -1.38. The first-order valence-corrected chi connectivity index (χ1v) is 12.9. The van der Waals surface area contributed by atoms with Gasteiger partial charge in [0.25, 0.3) is 5.91 Å². The Labute approximate surface area is 218 Å². The Kier molecular flexibility index (Phi) is 6.38. The van der Waals surface area contributed by atoms with Crippen LogP contribution in [0.2, 0.25) is 0 Å². The van der Waals surface area contributed by atoms with Crippen molar-refractivity contribution in [2.24, 2.45) is 11.8 Å². The monoisotopic (exact) mass is 522 g/mol. The molecule has 1 aliphatic heterocycles. The molecule has 2 atom stereocenters. The van der Waals surface area contributed by atoms with E-state index in [1.54, 1.807) is 18.5 Å². The standard InChI is InChI=1S/C27H28F2N6O3/c28-17-4-5-18(20(29)12-17)23-13-22(34-38-23)25(37)32-21-6-11-35(14-16-2-3-16)15-19(21)24(36)33-27(7-8-27)26-30-9-1-10-31-26/h1,4-5,9-10,12-13,16,19,21H,2-3,6-8,11,14-15H2,(H,32,37)(H,33,36)/t19-,21+/m1/s1. The topological polar surface area (TPSA) is 113 Å². The minimum Gasteiger partial charge on any atom is -0.355 e. The number of carbonyl (C=O) groups excluding carboxylic acids is 2. The smallest absolute Gasteiger partial charge is 0.273 e. The van der Waals surface area contributed by atoms with Crippen molar-refractivity contribution in [3.05, 3.63) is 65.9 Å². The fourth-order valence-electron chi connectivity index (χ4n) is 5.13. The van der Waals surface area contributed by atoms with Gasteiger partial charge in [0, 0.05) is 50.2 Å². The first-order valence-electron chi connectivity index (χ1n) is 12.9.